The van der Waals surface area contributed by atoms with Crippen LogP contribution in [-0.2, 0) is 13.1 Å². The highest BCUT2D eigenvalue weighted by Gasteiger charge is 2.23. The third-order valence-corrected chi connectivity index (χ3v) is 6.92. The standard InChI is InChI=1S/C28H28N4.C6H16N2/c1-4-16-31(19-22(2)30(3)32-20-26-8-5-6-9-27(26)21-32)28-11-7-10-25(17-28)24-14-12-23(18-29)13-15-24;1-6(2)8-5-4-7-3/h4-15,17H,1-2,16,19-21H2,3H3;6-8H,4-5H2,1-3H3. The first-order valence-corrected chi connectivity index (χ1v) is 13.9. The van der Waals surface area contributed by atoms with Crippen molar-refractivity contribution in [2.45, 2.75) is 33.0 Å². The largest absolute Gasteiger partial charge is 0.362 e. The minimum atomic E-state index is 0.614. The molecule has 3 aromatic carbocycles. The fourth-order valence-corrected chi connectivity index (χ4v) is 4.57. The zero-order chi connectivity index (χ0) is 28.9. The SMILES string of the molecule is C=CCN(CC(=C)N(C)N1Cc2ccccc2C1)c1cccc(-c2ccc(C#N)cc2)c1.CNCCNC(C)C. The third-order valence-electron chi connectivity index (χ3n) is 6.92. The van der Waals surface area contributed by atoms with E-state index >= 15 is 0 Å². The van der Waals surface area contributed by atoms with Gasteiger partial charge in [-0.05, 0) is 53.6 Å². The van der Waals surface area contributed by atoms with Gasteiger partial charge in [-0.3, -0.25) is 0 Å². The number of benzene rings is 3. The van der Waals surface area contributed by atoms with Crippen molar-refractivity contribution in [1.82, 2.24) is 20.7 Å². The molecule has 0 atom stereocenters. The van der Waals surface area contributed by atoms with Gasteiger partial charge in [0.05, 0.1) is 18.2 Å². The molecule has 2 N–H and O–H groups in total. The first-order valence-electron chi connectivity index (χ1n) is 13.9. The number of likely N-dealkylation sites (N-methyl/N-ethyl adjacent to an activating group) is 2. The first-order chi connectivity index (χ1) is 19.4. The molecule has 0 aliphatic carbocycles. The van der Waals surface area contributed by atoms with Gasteiger partial charge in [-0.25, -0.2) is 5.01 Å². The van der Waals surface area contributed by atoms with Gasteiger partial charge in [0.15, 0.2) is 0 Å². The fraction of sp³-hybridized carbons (Fsp3) is 0.324. The Hall–Kier alpha value is -3.89. The Bertz CT molecular complexity index is 1250. The molecule has 3 aromatic rings. The van der Waals surface area contributed by atoms with Crippen molar-refractivity contribution < 1.29 is 0 Å². The van der Waals surface area contributed by atoms with Crippen molar-refractivity contribution in [3.63, 3.8) is 0 Å². The van der Waals surface area contributed by atoms with Crippen molar-refractivity contribution >= 4 is 5.69 Å². The molecule has 0 spiro atoms. The number of hydrogen-bond acceptors (Lipinski definition) is 6. The maximum atomic E-state index is 9.05. The Morgan fingerprint density at radius 2 is 1.68 bits per heavy atom. The molecule has 0 amide bonds. The van der Waals surface area contributed by atoms with Gasteiger partial charge >= 0.3 is 0 Å². The average Bonchev–Trinajstić information content (AvgIpc) is 3.41. The summed E-state index contributed by atoms with van der Waals surface area (Å²) in [5.74, 6) is 0. The minimum absolute atomic E-state index is 0.614. The van der Waals surface area contributed by atoms with E-state index in [1.54, 1.807) is 0 Å². The van der Waals surface area contributed by atoms with Gasteiger partial charge in [-0.2, -0.15) is 5.26 Å². The Morgan fingerprint density at radius 3 is 2.25 bits per heavy atom. The number of anilines is 1. The molecule has 0 fully saturated rings. The summed E-state index contributed by atoms with van der Waals surface area (Å²) in [5.41, 5.74) is 7.79. The van der Waals surface area contributed by atoms with Crippen molar-refractivity contribution in [3.05, 3.63) is 114 Å². The van der Waals surface area contributed by atoms with E-state index < -0.39 is 0 Å². The van der Waals surface area contributed by atoms with E-state index in [9.17, 15) is 0 Å². The topological polar surface area (TPSA) is 57.6 Å². The van der Waals surface area contributed by atoms with E-state index in [1.165, 1.54) is 11.1 Å². The molecule has 4 rings (SSSR count). The third kappa shape index (κ3) is 8.82. The summed E-state index contributed by atoms with van der Waals surface area (Å²) >= 11 is 0. The lowest BCUT2D eigenvalue weighted by molar-refractivity contribution is 0.0283. The first kappa shape index (κ1) is 30.6. The summed E-state index contributed by atoms with van der Waals surface area (Å²) < 4.78 is 0. The Morgan fingerprint density at radius 1 is 1.00 bits per heavy atom. The van der Waals surface area contributed by atoms with Gasteiger partial charge in [-0.1, -0.05) is 75.0 Å². The van der Waals surface area contributed by atoms with Crippen LogP contribution in [0.2, 0.25) is 0 Å². The molecule has 6 heteroatoms. The number of nitrogens with zero attached hydrogens (tertiary/aromatic N) is 4. The van der Waals surface area contributed by atoms with Crippen molar-refractivity contribution in [2.75, 3.05) is 45.2 Å². The van der Waals surface area contributed by atoms with Crippen LogP contribution in [0.1, 0.15) is 30.5 Å². The Balaban J connectivity index is 0.000000482. The molecule has 1 aliphatic heterocycles. The Labute approximate surface area is 241 Å². The number of fused-ring (bicyclic) bond motifs is 1. The normalized spacial score (nSPS) is 12.2. The van der Waals surface area contributed by atoms with Crippen LogP contribution in [0.4, 0.5) is 5.69 Å². The van der Waals surface area contributed by atoms with Gasteiger partial charge in [0.1, 0.15) is 0 Å². The van der Waals surface area contributed by atoms with Gasteiger partial charge in [0.25, 0.3) is 0 Å². The number of nitrogens with one attached hydrogen (secondary N) is 2. The van der Waals surface area contributed by atoms with E-state index in [2.05, 4.69) is 114 Å². The zero-order valence-electron chi connectivity index (χ0n) is 24.5. The lowest BCUT2D eigenvalue weighted by Crippen LogP contribution is -2.39. The van der Waals surface area contributed by atoms with Crippen LogP contribution < -0.4 is 15.5 Å². The number of hydrazine groups is 1. The summed E-state index contributed by atoms with van der Waals surface area (Å²) in [6.45, 7) is 18.0. The lowest BCUT2D eigenvalue weighted by Gasteiger charge is -2.34. The molecule has 40 heavy (non-hydrogen) atoms. The second-order valence-electron chi connectivity index (χ2n) is 10.3. The van der Waals surface area contributed by atoms with E-state index in [0.717, 1.165) is 55.2 Å². The highest BCUT2D eigenvalue weighted by molar-refractivity contribution is 5.69. The molecule has 0 saturated heterocycles. The molecule has 0 bridgehead atoms. The maximum absolute atomic E-state index is 9.05. The predicted octanol–water partition coefficient (Wildman–Crippen LogP) is 5.80. The van der Waals surface area contributed by atoms with Crippen molar-refractivity contribution in [3.8, 4) is 17.2 Å². The van der Waals surface area contributed by atoms with E-state index in [4.69, 9.17) is 5.26 Å². The molecule has 0 unspecified atom stereocenters. The maximum Gasteiger partial charge on any atom is 0.0991 e. The van der Waals surface area contributed by atoms with Gasteiger partial charge in [0, 0.05) is 57.2 Å². The quantitative estimate of drug-likeness (QED) is 0.225. The molecule has 210 valence electrons. The highest BCUT2D eigenvalue weighted by atomic mass is 15.6. The van der Waals surface area contributed by atoms with Crippen LogP contribution in [0, 0.1) is 11.3 Å². The summed E-state index contributed by atoms with van der Waals surface area (Å²) in [5, 5.41) is 19.9. The molecule has 6 nitrogen and oxygen atoms in total. The number of rotatable bonds is 12. The van der Waals surface area contributed by atoms with Crippen LogP contribution in [0.25, 0.3) is 11.1 Å². The summed E-state index contributed by atoms with van der Waals surface area (Å²) in [6, 6.07) is 27.6. The van der Waals surface area contributed by atoms with E-state index in [1.807, 2.05) is 37.4 Å². The van der Waals surface area contributed by atoms with Crippen LogP contribution in [0.5, 0.6) is 0 Å². The van der Waals surface area contributed by atoms with Gasteiger partial charge in [-0.15, -0.1) is 6.58 Å². The smallest absolute Gasteiger partial charge is 0.0991 e. The Kier molecular flexibility index (Phi) is 12.0. The molecule has 0 aromatic heterocycles. The highest BCUT2D eigenvalue weighted by Crippen LogP contribution is 2.28. The molecule has 1 aliphatic rings. The zero-order valence-corrected chi connectivity index (χ0v) is 24.5. The monoisotopic (exact) mass is 536 g/mol. The molecular formula is C34H44N6. The summed E-state index contributed by atoms with van der Waals surface area (Å²) in [7, 11) is 4.05. The van der Waals surface area contributed by atoms with E-state index in [0.29, 0.717) is 18.2 Å². The van der Waals surface area contributed by atoms with Crippen LogP contribution in [0.3, 0.4) is 0 Å². The van der Waals surface area contributed by atoms with Crippen LogP contribution >= 0.6 is 0 Å². The summed E-state index contributed by atoms with van der Waals surface area (Å²) in [4.78, 5) is 2.28. The predicted molar refractivity (Wildman–Crippen MR) is 169 cm³/mol. The second kappa shape index (κ2) is 15.6. The molecular weight excluding hydrogens is 492 g/mol. The van der Waals surface area contributed by atoms with Crippen molar-refractivity contribution in [2.24, 2.45) is 0 Å². The molecule has 0 radical (unpaired) electrons. The number of hydrogen-bond donors (Lipinski definition) is 2. The lowest BCUT2D eigenvalue weighted by atomic mass is 10.0. The van der Waals surface area contributed by atoms with Crippen molar-refractivity contribution in [1.29, 1.82) is 5.26 Å². The second-order valence-corrected chi connectivity index (χ2v) is 10.3. The molecule has 1 heterocycles. The van der Waals surface area contributed by atoms with Gasteiger partial charge < -0.3 is 20.5 Å². The minimum Gasteiger partial charge on any atom is -0.362 e. The van der Waals surface area contributed by atoms with E-state index in [-0.39, 0.29) is 0 Å². The molecule has 0 saturated carbocycles. The van der Waals surface area contributed by atoms with Gasteiger partial charge in [0.2, 0.25) is 0 Å². The number of nitriles is 1. The van der Waals surface area contributed by atoms with Crippen LogP contribution in [-0.4, -0.2) is 56.3 Å². The fourth-order valence-electron chi connectivity index (χ4n) is 4.57. The summed E-state index contributed by atoms with van der Waals surface area (Å²) in [6.07, 6.45) is 1.92. The van der Waals surface area contributed by atoms with Crippen LogP contribution in [0.15, 0.2) is 97.7 Å². The average molecular weight is 537 g/mol.